The molecule has 0 saturated heterocycles. The predicted octanol–water partition coefficient (Wildman–Crippen LogP) is 11.5. The van der Waals surface area contributed by atoms with Crippen LogP contribution in [0.25, 0.3) is 0 Å². The van der Waals surface area contributed by atoms with Crippen LogP contribution < -0.4 is 0 Å². The fourth-order valence-corrected chi connectivity index (χ4v) is 7.61. The second-order valence-electron chi connectivity index (χ2n) is 15.8. The molecule has 14 nitrogen and oxygen atoms in total. The summed E-state index contributed by atoms with van der Waals surface area (Å²) in [5.74, 6) is -3.80. The third-order valence-electron chi connectivity index (χ3n) is 10.00. The van der Waals surface area contributed by atoms with Gasteiger partial charge in [0.1, 0.15) is 20.2 Å². The fraction of sp³-hybridized carbons (Fsp3) is 0.538. The molecule has 0 amide bonds. The van der Waals surface area contributed by atoms with Crippen molar-refractivity contribution in [1.29, 1.82) is 0 Å². The normalized spacial score (nSPS) is 11.7. The molecule has 380 valence electrons. The third-order valence-corrected chi connectivity index (χ3v) is 11.8. The molecule has 0 radical (unpaired) electrons. The first-order valence-corrected chi connectivity index (χ1v) is 26.9. The topological polar surface area (TPSA) is 220 Å². The molecule has 2 rings (SSSR count). The molecule has 2 aromatic carbocycles. The van der Waals surface area contributed by atoms with Crippen molar-refractivity contribution < 1.29 is 64.1 Å². The van der Waals surface area contributed by atoms with E-state index in [4.69, 9.17) is 18.9 Å². The van der Waals surface area contributed by atoms with Crippen molar-refractivity contribution in [3.05, 3.63) is 107 Å². The maximum Gasteiger partial charge on any atom is 2.00 e. The smallest absolute Gasteiger partial charge is 0.744 e. The van der Waals surface area contributed by atoms with Crippen molar-refractivity contribution in [2.45, 2.75) is 166 Å². The van der Waals surface area contributed by atoms with Gasteiger partial charge in [0, 0.05) is 0 Å². The fourth-order valence-electron chi connectivity index (χ4n) is 6.23. The van der Waals surface area contributed by atoms with Crippen LogP contribution in [0.3, 0.4) is 0 Å². The van der Waals surface area contributed by atoms with E-state index in [9.17, 15) is 45.1 Å². The van der Waals surface area contributed by atoms with E-state index in [1.165, 1.54) is 24.3 Å². The van der Waals surface area contributed by atoms with Gasteiger partial charge in [-0.15, -0.1) is 0 Å². The molecule has 0 aromatic heterocycles. The second kappa shape index (κ2) is 40.0. The molecule has 2 aromatic rings. The largest absolute Gasteiger partial charge is 2.00 e. The summed E-state index contributed by atoms with van der Waals surface area (Å²) >= 11 is 0. The maximum atomic E-state index is 12.7. The molecule has 0 aliphatic rings. The minimum absolute atomic E-state index is 0. The third kappa shape index (κ3) is 29.3. The average Bonchev–Trinajstić information content (AvgIpc) is 3.31. The van der Waals surface area contributed by atoms with Crippen LogP contribution in [0.15, 0.2) is 94.8 Å². The van der Waals surface area contributed by atoms with E-state index in [1.807, 2.05) is 24.3 Å². The summed E-state index contributed by atoms with van der Waals surface area (Å²) in [6, 6.07) is 6.97. The van der Waals surface area contributed by atoms with Gasteiger partial charge in [-0.25, -0.2) is 36.0 Å². The van der Waals surface area contributed by atoms with E-state index in [-0.39, 0.29) is 75.3 Å². The van der Waals surface area contributed by atoms with Gasteiger partial charge >= 0.3 is 61.6 Å². The monoisotopic (exact) mass is 1030 g/mol. The average molecular weight is 1030 g/mol. The molecule has 0 aliphatic carbocycles. The van der Waals surface area contributed by atoms with Crippen LogP contribution in [0, 0.1) is 0 Å². The summed E-state index contributed by atoms with van der Waals surface area (Å²) in [5, 5.41) is 0. The first-order chi connectivity index (χ1) is 32.6. The van der Waals surface area contributed by atoms with Gasteiger partial charge in [0.2, 0.25) is 0 Å². The Labute approximate surface area is 442 Å². The van der Waals surface area contributed by atoms with E-state index in [0.29, 0.717) is 38.5 Å². The van der Waals surface area contributed by atoms with Gasteiger partial charge in [0.25, 0.3) is 0 Å². The van der Waals surface area contributed by atoms with E-state index in [0.717, 1.165) is 102 Å². The summed E-state index contributed by atoms with van der Waals surface area (Å²) in [6.07, 6.45) is 34.4. The number of rotatable bonds is 34. The maximum absolute atomic E-state index is 12.7. The van der Waals surface area contributed by atoms with Crippen LogP contribution >= 0.6 is 0 Å². The Bertz CT molecular complexity index is 1990. The number of esters is 4. The summed E-state index contributed by atoms with van der Waals surface area (Å²) in [5.41, 5.74) is -1.72. The zero-order chi connectivity index (χ0) is 50.5. The molecule has 0 aliphatic heterocycles. The second-order valence-corrected chi connectivity index (χ2v) is 18.5. The van der Waals surface area contributed by atoms with Crippen LogP contribution in [-0.4, -0.2) is 114 Å². The Morgan fingerprint density at radius 1 is 0.406 bits per heavy atom. The first kappa shape index (κ1) is 65.4. The van der Waals surface area contributed by atoms with Gasteiger partial charge in [0.05, 0.1) is 58.5 Å². The van der Waals surface area contributed by atoms with Gasteiger partial charge in [-0.05, 0) is 101 Å². The minimum Gasteiger partial charge on any atom is -0.744 e. The number of unbranched alkanes of at least 4 members (excludes halogenated alkanes) is 12. The summed E-state index contributed by atoms with van der Waals surface area (Å²) in [6.45, 7) is 8.74. The van der Waals surface area contributed by atoms with Crippen LogP contribution in [0.4, 0.5) is 0 Å². The van der Waals surface area contributed by atoms with E-state index in [1.54, 1.807) is 0 Å². The molecular weight excluding hydrogens is 953 g/mol. The van der Waals surface area contributed by atoms with Crippen molar-refractivity contribution in [2.24, 2.45) is 0 Å². The number of ether oxygens (including phenoxy) is 4. The van der Waals surface area contributed by atoms with Crippen molar-refractivity contribution in [3.8, 4) is 0 Å². The number of benzene rings is 2. The Morgan fingerprint density at radius 3 is 0.870 bits per heavy atom. The number of allylic oxidation sites excluding steroid dienone is 8. The molecular formula is C52H74CaO14S2. The number of carbonyl (C=O) groups is 4. The van der Waals surface area contributed by atoms with Crippen LogP contribution in [0.5, 0.6) is 0 Å². The summed E-state index contributed by atoms with van der Waals surface area (Å²) in [7, 11) is -10.0. The molecule has 0 unspecified atom stereocenters. The summed E-state index contributed by atoms with van der Waals surface area (Å²) < 4.78 is 91.1. The van der Waals surface area contributed by atoms with E-state index >= 15 is 0 Å². The Hall–Kier alpha value is -3.64. The standard InChI is InChI=1S/2C26H38O7S.Ca/c2*1-3-5-7-9-11-13-15-20-32-25(27)22-18-17-19-23(34(29,30)31)24(22)26(28)33-21-16-14-12-10-8-6-4-2;/h2*9-12,17-19H,3-8,13-16,20-21H2,1-2H3,(H,29,30,31);/q;;+2/p-2/b2*11-9+,12-10+;. The molecule has 17 heteroatoms. The number of hydrogen-bond acceptors (Lipinski definition) is 14. The molecule has 0 heterocycles. The molecule has 0 saturated carbocycles. The molecule has 69 heavy (non-hydrogen) atoms. The Kier molecular flexibility index (Phi) is 37.9. The zero-order valence-electron chi connectivity index (χ0n) is 41.3. The minimum atomic E-state index is -5.00. The SMILES string of the molecule is CCCC/C=C/CCCOC(=O)c1cccc(S(=O)(=O)[O-])c1C(=O)OCCC/C=C/CCCC.CCCC/C=C/CCCOC(=O)c1cccc(S(=O)(=O)[O-])c1C(=O)OCCC/C=C/CCCC.[Ca+2]. The first-order valence-electron chi connectivity index (χ1n) is 24.1. The Balaban J connectivity index is 0.00000132. The van der Waals surface area contributed by atoms with Crippen LogP contribution in [0.2, 0.25) is 0 Å². The molecule has 0 bridgehead atoms. The molecule has 0 fully saturated rings. The molecule has 0 spiro atoms. The van der Waals surface area contributed by atoms with Gasteiger partial charge < -0.3 is 28.1 Å². The van der Waals surface area contributed by atoms with Crippen LogP contribution in [-0.2, 0) is 39.2 Å². The van der Waals surface area contributed by atoms with Gasteiger partial charge in [-0.3, -0.25) is 0 Å². The van der Waals surface area contributed by atoms with Gasteiger partial charge in [0.15, 0.2) is 0 Å². The Morgan fingerprint density at radius 2 is 0.638 bits per heavy atom. The predicted molar refractivity (Wildman–Crippen MR) is 267 cm³/mol. The van der Waals surface area contributed by atoms with Crippen molar-refractivity contribution >= 4 is 81.9 Å². The van der Waals surface area contributed by atoms with Crippen molar-refractivity contribution in [1.82, 2.24) is 0 Å². The molecule has 0 N–H and O–H groups in total. The van der Waals surface area contributed by atoms with Crippen molar-refractivity contribution in [3.63, 3.8) is 0 Å². The molecule has 0 atom stereocenters. The van der Waals surface area contributed by atoms with Gasteiger partial charge in [-0.2, -0.15) is 0 Å². The van der Waals surface area contributed by atoms with Crippen molar-refractivity contribution in [2.75, 3.05) is 26.4 Å². The number of hydrogen-bond donors (Lipinski definition) is 0. The zero-order valence-corrected chi connectivity index (χ0v) is 45.1. The number of carbonyl (C=O) groups excluding carboxylic acids is 4. The van der Waals surface area contributed by atoms with Gasteiger partial charge in [-0.1, -0.05) is 140 Å². The summed E-state index contributed by atoms with van der Waals surface area (Å²) in [4.78, 5) is 48.9. The quantitative estimate of drug-likeness (QED) is 0.0159. The van der Waals surface area contributed by atoms with E-state index < -0.39 is 65.0 Å². The van der Waals surface area contributed by atoms with Crippen LogP contribution in [0.1, 0.15) is 198 Å². The van der Waals surface area contributed by atoms with E-state index in [2.05, 4.69) is 52.0 Å².